The number of fused-ring (bicyclic) bond motifs is 1. The third kappa shape index (κ3) is 3.44. The minimum absolute atomic E-state index is 0.00245. The molecule has 3 heteroatoms. The predicted octanol–water partition coefficient (Wildman–Crippen LogP) is 5.44. The molecule has 0 aliphatic carbocycles. The van der Waals surface area contributed by atoms with Crippen LogP contribution in [-0.4, -0.2) is 6.54 Å². The van der Waals surface area contributed by atoms with Gasteiger partial charge in [0.25, 0.3) is 0 Å². The molecule has 0 saturated heterocycles. The Kier molecular flexibility index (Phi) is 4.69. The predicted molar refractivity (Wildman–Crippen MR) is 91.2 cm³/mol. The molecule has 0 fully saturated rings. The van der Waals surface area contributed by atoms with Crippen LogP contribution in [0.2, 0.25) is 5.02 Å². The van der Waals surface area contributed by atoms with Gasteiger partial charge in [-0.25, -0.2) is 0 Å². The number of rotatable bonds is 4. The first-order valence-electron chi connectivity index (χ1n) is 7.63. The highest BCUT2D eigenvalue weighted by Crippen LogP contribution is 2.40. The quantitative estimate of drug-likeness (QED) is 0.814. The van der Waals surface area contributed by atoms with Crippen molar-refractivity contribution in [3.8, 4) is 0 Å². The van der Waals surface area contributed by atoms with Crippen LogP contribution in [0.5, 0.6) is 0 Å². The fraction of sp³-hybridized carbons (Fsp3) is 0.556. The van der Waals surface area contributed by atoms with E-state index in [1.54, 1.807) is 0 Å². The van der Waals surface area contributed by atoms with Crippen molar-refractivity contribution in [2.24, 2.45) is 5.92 Å². The molecular formula is C18H26ClNO. The van der Waals surface area contributed by atoms with Crippen molar-refractivity contribution in [1.82, 2.24) is 5.32 Å². The lowest BCUT2D eigenvalue weighted by atomic mass is 9.84. The lowest BCUT2D eigenvalue weighted by molar-refractivity contribution is 0.464. The molecule has 21 heavy (non-hydrogen) atoms. The number of aryl methyl sites for hydroxylation is 1. The molecule has 2 nitrogen and oxygen atoms in total. The van der Waals surface area contributed by atoms with Crippen LogP contribution in [0.4, 0.5) is 0 Å². The van der Waals surface area contributed by atoms with E-state index < -0.39 is 0 Å². The maximum atomic E-state index is 6.46. The summed E-state index contributed by atoms with van der Waals surface area (Å²) < 4.78 is 6.17. The van der Waals surface area contributed by atoms with E-state index in [9.17, 15) is 0 Å². The average molecular weight is 308 g/mol. The number of nitrogens with one attached hydrogen (secondary N) is 1. The molecule has 1 aromatic carbocycles. The van der Waals surface area contributed by atoms with Crippen LogP contribution in [0.3, 0.4) is 0 Å². The largest absolute Gasteiger partial charge is 0.459 e. The lowest BCUT2D eigenvalue weighted by Crippen LogP contribution is -2.21. The summed E-state index contributed by atoms with van der Waals surface area (Å²) >= 11 is 6.46. The zero-order valence-electron chi connectivity index (χ0n) is 13.9. The second-order valence-corrected chi connectivity index (χ2v) is 7.65. The smallest absolute Gasteiger partial charge is 0.139 e. The molecule has 2 rings (SSSR count). The normalized spacial score (nSPS) is 12.6. The molecule has 0 atom stereocenters. The van der Waals surface area contributed by atoms with Gasteiger partial charge in [0, 0.05) is 10.9 Å². The maximum Gasteiger partial charge on any atom is 0.139 e. The summed E-state index contributed by atoms with van der Waals surface area (Å²) in [6.45, 7) is 14.8. The lowest BCUT2D eigenvalue weighted by Gasteiger charge is -2.20. The molecule has 116 valence electrons. The van der Waals surface area contributed by atoms with Crippen molar-refractivity contribution in [2.75, 3.05) is 6.54 Å². The van der Waals surface area contributed by atoms with Crippen LogP contribution < -0.4 is 5.32 Å². The molecular weight excluding hydrogens is 282 g/mol. The molecule has 1 aromatic heterocycles. The Morgan fingerprint density at radius 3 is 2.48 bits per heavy atom. The van der Waals surface area contributed by atoms with Gasteiger partial charge >= 0.3 is 0 Å². The fourth-order valence-corrected chi connectivity index (χ4v) is 2.98. The molecule has 1 N–H and O–H groups in total. The Morgan fingerprint density at radius 2 is 1.90 bits per heavy atom. The van der Waals surface area contributed by atoms with Crippen LogP contribution >= 0.6 is 11.6 Å². The van der Waals surface area contributed by atoms with Crippen molar-refractivity contribution in [3.63, 3.8) is 0 Å². The van der Waals surface area contributed by atoms with E-state index in [1.165, 1.54) is 5.56 Å². The minimum atomic E-state index is -0.00245. The Morgan fingerprint density at radius 1 is 1.24 bits per heavy atom. The Labute approximate surface area is 132 Å². The second-order valence-electron chi connectivity index (χ2n) is 7.24. The first kappa shape index (κ1) is 16.4. The van der Waals surface area contributed by atoms with Gasteiger partial charge in [-0.15, -0.1) is 0 Å². The SMILES string of the molecule is Cc1ccc(Cl)c2c(C(C)(C)C)c(CNCC(C)C)oc12. The van der Waals surface area contributed by atoms with Crippen molar-refractivity contribution in [1.29, 1.82) is 0 Å². The van der Waals surface area contributed by atoms with E-state index in [0.29, 0.717) is 5.92 Å². The highest BCUT2D eigenvalue weighted by molar-refractivity contribution is 6.35. The third-order valence-corrected chi connectivity index (χ3v) is 3.96. The van der Waals surface area contributed by atoms with Crippen molar-refractivity contribution < 1.29 is 4.42 Å². The number of halogens is 1. The van der Waals surface area contributed by atoms with Gasteiger partial charge in [0.05, 0.1) is 11.6 Å². The van der Waals surface area contributed by atoms with Crippen molar-refractivity contribution in [2.45, 2.75) is 53.5 Å². The van der Waals surface area contributed by atoms with Gasteiger partial charge in [0.2, 0.25) is 0 Å². The third-order valence-electron chi connectivity index (χ3n) is 3.65. The van der Waals surface area contributed by atoms with Gasteiger partial charge in [0.1, 0.15) is 11.3 Å². The number of hydrogen-bond donors (Lipinski definition) is 1. The van der Waals surface area contributed by atoms with Gasteiger partial charge in [-0.1, -0.05) is 52.3 Å². The topological polar surface area (TPSA) is 25.2 Å². The van der Waals surface area contributed by atoms with Gasteiger partial charge in [0.15, 0.2) is 0 Å². The fourth-order valence-electron chi connectivity index (χ4n) is 2.73. The number of hydrogen-bond acceptors (Lipinski definition) is 2. The summed E-state index contributed by atoms with van der Waals surface area (Å²) in [5.41, 5.74) is 3.28. The molecule has 2 aromatic rings. The van der Waals surface area contributed by atoms with E-state index >= 15 is 0 Å². The standard InChI is InChI=1S/C18H26ClNO/c1-11(2)9-20-10-14-16(18(4,5)6)15-13(19)8-7-12(3)17(15)21-14/h7-8,11,20H,9-10H2,1-6H3. The monoisotopic (exact) mass is 307 g/mol. The summed E-state index contributed by atoms with van der Waals surface area (Å²) in [5.74, 6) is 1.63. The summed E-state index contributed by atoms with van der Waals surface area (Å²) in [5, 5.41) is 5.33. The molecule has 0 aliphatic rings. The Balaban J connectivity index is 2.54. The van der Waals surface area contributed by atoms with E-state index in [0.717, 1.165) is 40.4 Å². The Bertz CT molecular complexity index is 635. The van der Waals surface area contributed by atoms with Crippen LogP contribution in [0.1, 0.15) is 51.5 Å². The van der Waals surface area contributed by atoms with Crippen molar-refractivity contribution in [3.05, 3.63) is 34.0 Å². The highest BCUT2D eigenvalue weighted by Gasteiger charge is 2.27. The van der Waals surface area contributed by atoms with E-state index in [-0.39, 0.29) is 5.41 Å². The van der Waals surface area contributed by atoms with Crippen LogP contribution in [-0.2, 0) is 12.0 Å². The zero-order valence-corrected chi connectivity index (χ0v) is 14.7. The van der Waals surface area contributed by atoms with E-state index in [1.807, 2.05) is 12.1 Å². The van der Waals surface area contributed by atoms with Crippen LogP contribution in [0.15, 0.2) is 16.5 Å². The molecule has 1 heterocycles. The summed E-state index contributed by atoms with van der Waals surface area (Å²) in [4.78, 5) is 0. The highest BCUT2D eigenvalue weighted by atomic mass is 35.5. The number of furan rings is 1. The molecule has 0 aliphatic heterocycles. The summed E-state index contributed by atoms with van der Waals surface area (Å²) in [6, 6.07) is 3.99. The van der Waals surface area contributed by atoms with Gasteiger partial charge in [-0.2, -0.15) is 0 Å². The van der Waals surface area contributed by atoms with Crippen molar-refractivity contribution >= 4 is 22.6 Å². The molecule has 0 saturated carbocycles. The Hall–Kier alpha value is -0.990. The summed E-state index contributed by atoms with van der Waals surface area (Å²) in [6.07, 6.45) is 0. The number of benzene rings is 1. The second kappa shape index (κ2) is 6.02. The molecule has 0 amide bonds. The van der Waals surface area contributed by atoms with Crippen LogP contribution in [0, 0.1) is 12.8 Å². The molecule has 0 spiro atoms. The average Bonchev–Trinajstić information content (AvgIpc) is 2.74. The molecule has 0 unspecified atom stereocenters. The zero-order chi connectivity index (χ0) is 15.8. The first-order chi connectivity index (χ1) is 9.71. The van der Waals surface area contributed by atoms with Gasteiger partial charge in [-0.3, -0.25) is 0 Å². The van der Waals surface area contributed by atoms with Gasteiger partial charge in [-0.05, 0) is 36.4 Å². The minimum Gasteiger partial charge on any atom is -0.459 e. The molecule has 0 bridgehead atoms. The summed E-state index contributed by atoms with van der Waals surface area (Å²) in [7, 11) is 0. The molecule has 0 radical (unpaired) electrons. The van der Waals surface area contributed by atoms with E-state index in [2.05, 4.69) is 46.9 Å². The maximum absolute atomic E-state index is 6.46. The van der Waals surface area contributed by atoms with Crippen LogP contribution in [0.25, 0.3) is 11.0 Å². The first-order valence-corrected chi connectivity index (χ1v) is 8.01. The van der Waals surface area contributed by atoms with E-state index in [4.69, 9.17) is 16.0 Å². The van der Waals surface area contributed by atoms with Gasteiger partial charge < -0.3 is 9.73 Å².